The molecule has 0 fully saturated rings. The molecule has 0 aromatic heterocycles. The molecule has 94 valence electrons. The molecule has 2 atom stereocenters. The van der Waals surface area contributed by atoms with Crippen LogP contribution >= 0.6 is 0 Å². The van der Waals surface area contributed by atoms with Crippen LogP contribution in [0.25, 0.3) is 0 Å². The SMILES string of the molecule is CC1c2ccc(CCCCN)cc2OC[NH+]1[O-]. The highest BCUT2D eigenvalue weighted by Crippen LogP contribution is 2.27. The minimum absolute atomic E-state index is 0.0307. The Morgan fingerprint density at radius 3 is 3.06 bits per heavy atom. The maximum atomic E-state index is 11.5. The molecule has 0 aliphatic carbocycles. The lowest BCUT2D eigenvalue weighted by molar-refractivity contribution is -0.900. The zero-order valence-electron chi connectivity index (χ0n) is 10.2. The van der Waals surface area contributed by atoms with E-state index >= 15 is 0 Å². The summed E-state index contributed by atoms with van der Waals surface area (Å²) in [7, 11) is 0. The standard InChI is InChI=1S/C13H20N2O2/c1-10-12-6-5-11(4-2-3-7-14)8-13(12)17-9-15(10)16/h5-6,8,10,15H,2-4,7,9,14H2,1H3. The van der Waals surface area contributed by atoms with Gasteiger partial charge in [-0.15, -0.1) is 0 Å². The van der Waals surface area contributed by atoms with Crippen molar-refractivity contribution in [3.05, 3.63) is 34.5 Å². The van der Waals surface area contributed by atoms with Crippen LogP contribution in [0.2, 0.25) is 0 Å². The summed E-state index contributed by atoms with van der Waals surface area (Å²) in [5.74, 6) is 0.877. The number of benzene rings is 1. The lowest BCUT2D eigenvalue weighted by atomic mass is 10.0. The Kier molecular flexibility index (Phi) is 3.99. The van der Waals surface area contributed by atoms with Gasteiger partial charge < -0.3 is 20.7 Å². The van der Waals surface area contributed by atoms with Crippen LogP contribution in [-0.4, -0.2) is 13.3 Å². The quantitative estimate of drug-likeness (QED) is 0.599. The van der Waals surface area contributed by atoms with Gasteiger partial charge in [0.25, 0.3) is 0 Å². The van der Waals surface area contributed by atoms with Crippen LogP contribution in [0.5, 0.6) is 5.75 Å². The van der Waals surface area contributed by atoms with Crippen LogP contribution in [0, 0.1) is 5.21 Å². The van der Waals surface area contributed by atoms with Crippen LogP contribution in [0.4, 0.5) is 0 Å². The Balaban J connectivity index is 2.09. The molecule has 1 heterocycles. The summed E-state index contributed by atoms with van der Waals surface area (Å²) >= 11 is 0. The van der Waals surface area contributed by atoms with E-state index in [1.54, 1.807) is 0 Å². The van der Waals surface area contributed by atoms with E-state index < -0.39 is 0 Å². The average molecular weight is 236 g/mol. The van der Waals surface area contributed by atoms with Crippen molar-refractivity contribution in [2.75, 3.05) is 13.3 Å². The molecule has 0 saturated carbocycles. The summed E-state index contributed by atoms with van der Waals surface area (Å²) in [6.07, 6.45) is 3.17. The topological polar surface area (TPSA) is 62.8 Å². The van der Waals surface area contributed by atoms with Gasteiger partial charge in [0, 0.05) is 0 Å². The van der Waals surface area contributed by atoms with Crippen LogP contribution < -0.4 is 15.5 Å². The number of nitrogens with one attached hydrogen (secondary N) is 1. The maximum Gasteiger partial charge on any atom is 0.222 e. The van der Waals surface area contributed by atoms with Crippen molar-refractivity contribution >= 4 is 0 Å². The van der Waals surface area contributed by atoms with Crippen LogP contribution in [0.3, 0.4) is 0 Å². The number of rotatable bonds is 4. The predicted octanol–water partition coefficient (Wildman–Crippen LogP) is 0.762. The average Bonchev–Trinajstić information content (AvgIpc) is 2.34. The minimum atomic E-state index is -0.0307. The van der Waals surface area contributed by atoms with E-state index in [1.165, 1.54) is 5.56 Å². The molecule has 0 amide bonds. The first-order chi connectivity index (χ1) is 8.22. The molecule has 4 heteroatoms. The van der Waals surface area contributed by atoms with Crippen molar-refractivity contribution < 1.29 is 9.80 Å². The maximum absolute atomic E-state index is 11.5. The van der Waals surface area contributed by atoms with Gasteiger partial charge in [-0.05, 0) is 50.4 Å². The largest absolute Gasteiger partial charge is 0.631 e. The van der Waals surface area contributed by atoms with Gasteiger partial charge in [-0.25, -0.2) is 0 Å². The number of fused-ring (bicyclic) bond motifs is 1. The molecular formula is C13H20N2O2. The fourth-order valence-electron chi connectivity index (χ4n) is 2.14. The summed E-state index contributed by atoms with van der Waals surface area (Å²) in [4.78, 5) is 0. The van der Waals surface area contributed by atoms with E-state index in [2.05, 4.69) is 12.1 Å². The molecule has 0 saturated heterocycles. The molecule has 0 bridgehead atoms. The van der Waals surface area contributed by atoms with E-state index in [1.807, 2.05) is 13.0 Å². The Morgan fingerprint density at radius 1 is 1.47 bits per heavy atom. The smallest absolute Gasteiger partial charge is 0.222 e. The summed E-state index contributed by atoms with van der Waals surface area (Å²) in [6, 6.07) is 6.15. The monoisotopic (exact) mass is 236 g/mol. The van der Waals surface area contributed by atoms with Crippen LogP contribution in [0.1, 0.15) is 36.9 Å². The van der Waals surface area contributed by atoms with E-state index in [0.29, 0.717) is 0 Å². The zero-order valence-corrected chi connectivity index (χ0v) is 10.2. The van der Waals surface area contributed by atoms with Gasteiger partial charge in [0.05, 0.1) is 5.56 Å². The highest BCUT2D eigenvalue weighted by atomic mass is 16.6. The van der Waals surface area contributed by atoms with Crippen LogP contribution in [-0.2, 0) is 6.42 Å². The minimum Gasteiger partial charge on any atom is -0.631 e. The van der Waals surface area contributed by atoms with Crippen molar-refractivity contribution in [2.24, 2.45) is 5.73 Å². The molecule has 17 heavy (non-hydrogen) atoms. The Labute approximate surface area is 102 Å². The van der Waals surface area contributed by atoms with Gasteiger partial charge in [-0.1, -0.05) is 6.07 Å². The first-order valence-electron chi connectivity index (χ1n) is 6.21. The predicted molar refractivity (Wildman–Crippen MR) is 66.7 cm³/mol. The number of quaternary nitrogens is 1. The number of hydrogen-bond donors (Lipinski definition) is 2. The second-order valence-electron chi connectivity index (χ2n) is 4.59. The second kappa shape index (κ2) is 5.49. The van der Waals surface area contributed by atoms with Crippen molar-refractivity contribution in [3.8, 4) is 5.75 Å². The normalized spacial score (nSPS) is 23.0. The third-order valence-electron chi connectivity index (χ3n) is 3.32. The molecule has 0 radical (unpaired) electrons. The van der Waals surface area contributed by atoms with Gasteiger partial charge in [0.2, 0.25) is 6.73 Å². The zero-order chi connectivity index (χ0) is 12.3. The van der Waals surface area contributed by atoms with Gasteiger partial charge in [0.15, 0.2) is 0 Å². The lowest BCUT2D eigenvalue weighted by Gasteiger charge is -2.34. The summed E-state index contributed by atoms with van der Waals surface area (Å²) in [5, 5.41) is 11.7. The summed E-state index contributed by atoms with van der Waals surface area (Å²) in [5.41, 5.74) is 7.75. The van der Waals surface area contributed by atoms with Crippen molar-refractivity contribution in [2.45, 2.75) is 32.2 Å². The molecule has 0 spiro atoms. The summed E-state index contributed by atoms with van der Waals surface area (Å²) < 4.78 is 5.48. The van der Waals surface area contributed by atoms with Crippen molar-refractivity contribution in [1.29, 1.82) is 0 Å². The van der Waals surface area contributed by atoms with Crippen LogP contribution in [0.15, 0.2) is 18.2 Å². The highest BCUT2D eigenvalue weighted by Gasteiger charge is 2.23. The molecule has 1 aliphatic rings. The number of nitrogens with two attached hydrogens (primary N) is 1. The highest BCUT2D eigenvalue weighted by molar-refractivity contribution is 5.39. The molecule has 3 N–H and O–H groups in total. The molecule has 2 unspecified atom stereocenters. The van der Waals surface area contributed by atoms with E-state index in [9.17, 15) is 5.21 Å². The van der Waals surface area contributed by atoms with Crippen molar-refractivity contribution in [1.82, 2.24) is 0 Å². The number of hydroxylamine groups is 2. The van der Waals surface area contributed by atoms with Crippen molar-refractivity contribution in [3.63, 3.8) is 0 Å². The third kappa shape index (κ3) is 2.77. The Hall–Kier alpha value is -1.10. The molecule has 2 rings (SSSR count). The van der Waals surface area contributed by atoms with E-state index in [4.69, 9.17) is 10.5 Å². The number of aryl methyl sites for hydroxylation is 1. The molecule has 1 aromatic rings. The third-order valence-corrected chi connectivity index (χ3v) is 3.32. The molecule has 1 aromatic carbocycles. The number of unbranched alkanes of at least 4 members (excludes halogenated alkanes) is 1. The van der Waals surface area contributed by atoms with Gasteiger partial charge >= 0.3 is 0 Å². The van der Waals surface area contributed by atoms with Gasteiger partial charge in [-0.3, -0.25) is 0 Å². The molecule has 4 nitrogen and oxygen atoms in total. The molecular weight excluding hydrogens is 216 g/mol. The second-order valence-corrected chi connectivity index (χ2v) is 4.59. The Bertz CT molecular complexity index is 382. The fourth-order valence-corrected chi connectivity index (χ4v) is 2.14. The first-order valence-corrected chi connectivity index (χ1v) is 6.21. The first kappa shape index (κ1) is 12.4. The Morgan fingerprint density at radius 2 is 2.29 bits per heavy atom. The number of hydrogen-bond acceptors (Lipinski definition) is 3. The number of ether oxygens (including phenoxy) is 1. The van der Waals surface area contributed by atoms with E-state index in [0.717, 1.165) is 37.1 Å². The summed E-state index contributed by atoms with van der Waals surface area (Å²) in [6.45, 7) is 2.89. The fraction of sp³-hybridized carbons (Fsp3) is 0.538. The lowest BCUT2D eigenvalue weighted by Crippen LogP contribution is -3.08. The van der Waals surface area contributed by atoms with E-state index in [-0.39, 0.29) is 17.8 Å². The molecule has 1 aliphatic heterocycles. The van der Waals surface area contributed by atoms with Gasteiger partial charge in [-0.2, -0.15) is 0 Å². The van der Waals surface area contributed by atoms with Gasteiger partial charge in [0.1, 0.15) is 11.8 Å².